The Morgan fingerprint density at radius 1 is 1.32 bits per heavy atom. The van der Waals surface area contributed by atoms with E-state index in [4.69, 9.17) is 14.6 Å². The summed E-state index contributed by atoms with van der Waals surface area (Å²) in [5, 5.41) is 11.1. The first kappa shape index (κ1) is 15.4. The van der Waals surface area contributed by atoms with Crippen LogP contribution in [0.1, 0.15) is 6.42 Å². The maximum atomic E-state index is 13.2. The van der Waals surface area contributed by atoms with Crippen molar-refractivity contribution in [2.75, 3.05) is 33.0 Å². The zero-order valence-corrected chi connectivity index (χ0v) is 10.6. The Kier molecular flexibility index (Phi) is 7.53. The van der Waals surface area contributed by atoms with Crippen LogP contribution < -0.4 is 10.1 Å². The van der Waals surface area contributed by atoms with Crippen molar-refractivity contribution in [2.24, 2.45) is 0 Å². The summed E-state index contributed by atoms with van der Waals surface area (Å²) in [6, 6.07) is 5.92. The van der Waals surface area contributed by atoms with Crippen LogP contribution in [0, 0.1) is 5.82 Å². The third kappa shape index (κ3) is 6.73. The van der Waals surface area contributed by atoms with Crippen molar-refractivity contribution >= 4 is 5.91 Å². The van der Waals surface area contributed by atoms with Crippen molar-refractivity contribution in [3.05, 3.63) is 30.1 Å². The first-order chi connectivity index (χ1) is 9.24. The molecule has 6 heteroatoms. The van der Waals surface area contributed by atoms with Crippen LogP contribution in [0.4, 0.5) is 4.39 Å². The van der Waals surface area contributed by atoms with Crippen LogP contribution >= 0.6 is 0 Å². The molecule has 0 saturated carbocycles. The highest BCUT2D eigenvalue weighted by Gasteiger charge is 2.05. The summed E-state index contributed by atoms with van der Waals surface area (Å²) in [5.74, 6) is -0.748. The number of carbonyl (C=O) groups excluding carboxylic acids is 1. The van der Waals surface area contributed by atoms with Crippen LogP contribution in [0.3, 0.4) is 0 Å². The molecule has 0 bridgehead atoms. The smallest absolute Gasteiger partial charge is 0.257 e. The van der Waals surface area contributed by atoms with Gasteiger partial charge in [-0.05, 0) is 18.6 Å². The highest BCUT2D eigenvalue weighted by Crippen LogP contribution is 2.14. The van der Waals surface area contributed by atoms with Crippen molar-refractivity contribution < 1.29 is 23.8 Å². The molecule has 0 aliphatic carbocycles. The van der Waals surface area contributed by atoms with Crippen molar-refractivity contribution in [3.63, 3.8) is 0 Å². The highest BCUT2D eigenvalue weighted by molar-refractivity contribution is 5.77. The predicted octanol–water partition coefficient (Wildman–Crippen LogP) is 0.720. The number of nitrogens with one attached hydrogen (secondary N) is 1. The summed E-state index contributed by atoms with van der Waals surface area (Å²) in [7, 11) is 0. The van der Waals surface area contributed by atoms with Crippen LogP contribution in [0.15, 0.2) is 24.3 Å². The molecule has 0 spiro atoms. The minimum atomic E-state index is -0.493. The van der Waals surface area contributed by atoms with Gasteiger partial charge in [-0.2, -0.15) is 0 Å². The largest absolute Gasteiger partial charge is 0.481 e. The number of benzene rings is 1. The molecule has 0 heterocycles. The van der Waals surface area contributed by atoms with Gasteiger partial charge < -0.3 is 19.9 Å². The summed E-state index contributed by atoms with van der Waals surface area (Å²) in [6.45, 7) is 0.978. The van der Waals surface area contributed by atoms with Gasteiger partial charge in [0.25, 0.3) is 5.91 Å². The maximum Gasteiger partial charge on any atom is 0.257 e. The Hall–Kier alpha value is -1.66. The average molecular weight is 271 g/mol. The zero-order valence-electron chi connectivity index (χ0n) is 10.6. The minimum Gasteiger partial charge on any atom is -0.481 e. The van der Waals surface area contributed by atoms with Crippen molar-refractivity contribution in [1.29, 1.82) is 0 Å². The van der Waals surface area contributed by atoms with Crippen molar-refractivity contribution in [3.8, 4) is 5.75 Å². The summed E-state index contributed by atoms with van der Waals surface area (Å²) in [5.41, 5.74) is 0. The topological polar surface area (TPSA) is 67.8 Å². The summed E-state index contributed by atoms with van der Waals surface area (Å²) >= 11 is 0. The molecule has 5 nitrogen and oxygen atoms in total. The molecular weight excluding hydrogens is 253 g/mol. The molecule has 0 radical (unpaired) electrons. The van der Waals surface area contributed by atoms with E-state index in [1.54, 1.807) is 12.1 Å². The minimum absolute atomic E-state index is 0.0111. The molecule has 0 saturated heterocycles. The number of amides is 1. The SMILES string of the molecule is O=C(COc1ccccc1F)NCCCOCCO. The number of carbonyl (C=O) groups is 1. The van der Waals surface area contributed by atoms with E-state index >= 15 is 0 Å². The lowest BCUT2D eigenvalue weighted by Crippen LogP contribution is -2.30. The second-order valence-electron chi connectivity index (χ2n) is 3.76. The average Bonchev–Trinajstić information content (AvgIpc) is 2.42. The van der Waals surface area contributed by atoms with Crippen LogP contribution in [-0.2, 0) is 9.53 Å². The first-order valence-electron chi connectivity index (χ1n) is 6.06. The van der Waals surface area contributed by atoms with E-state index in [2.05, 4.69) is 5.32 Å². The summed E-state index contributed by atoms with van der Waals surface area (Å²) in [6.07, 6.45) is 0.644. The number of aliphatic hydroxyl groups excluding tert-OH is 1. The van der Waals surface area contributed by atoms with Gasteiger partial charge in [-0.3, -0.25) is 4.79 Å². The van der Waals surface area contributed by atoms with Crippen LogP contribution in [-0.4, -0.2) is 44.0 Å². The van der Waals surface area contributed by atoms with Crippen molar-refractivity contribution in [2.45, 2.75) is 6.42 Å². The fraction of sp³-hybridized carbons (Fsp3) is 0.462. The van der Waals surface area contributed by atoms with Gasteiger partial charge in [0.1, 0.15) is 0 Å². The number of rotatable bonds is 9. The van der Waals surface area contributed by atoms with Gasteiger partial charge in [-0.25, -0.2) is 4.39 Å². The van der Waals surface area contributed by atoms with E-state index in [1.165, 1.54) is 12.1 Å². The lowest BCUT2D eigenvalue weighted by Gasteiger charge is -2.08. The third-order valence-corrected chi connectivity index (χ3v) is 2.22. The Morgan fingerprint density at radius 2 is 2.11 bits per heavy atom. The molecule has 2 N–H and O–H groups in total. The Labute approximate surface area is 111 Å². The van der Waals surface area contributed by atoms with Crippen LogP contribution in [0.25, 0.3) is 0 Å². The maximum absolute atomic E-state index is 13.2. The van der Waals surface area contributed by atoms with Gasteiger partial charge in [-0.1, -0.05) is 12.1 Å². The normalized spacial score (nSPS) is 10.2. The van der Waals surface area contributed by atoms with Gasteiger partial charge in [0, 0.05) is 13.2 Å². The van der Waals surface area contributed by atoms with E-state index in [0.717, 1.165) is 0 Å². The Bertz CT molecular complexity index is 387. The predicted molar refractivity (Wildman–Crippen MR) is 67.4 cm³/mol. The van der Waals surface area contributed by atoms with Gasteiger partial charge in [0.2, 0.25) is 0 Å². The third-order valence-electron chi connectivity index (χ3n) is 2.22. The molecule has 19 heavy (non-hydrogen) atoms. The molecule has 1 amide bonds. The van der Waals surface area contributed by atoms with Crippen LogP contribution in [0.2, 0.25) is 0 Å². The number of halogens is 1. The molecule has 0 aromatic heterocycles. The van der Waals surface area contributed by atoms with Gasteiger partial charge in [-0.15, -0.1) is 0 Å². The van der Waals surface area contributed by atoms with E-state index in [0.29, 0.717) is 26.2 Å². The summed E-state index contributed by atoms with van der Waals surface area (Å²) < 4.78 is 23.2. The first-order valence-corrected chi connectivity index (χ1v) is 6.06. The molecule has 1 aromatic rings. The van der Waals surface area contributed by atoms with Crippen molar-refractivity contribution in [1.82, 2.24) is 5.32 Å². The molecular formula is C13H18FNO4. The van der Waals surface area contributed by atoms with E-state index in [1.807, 2.05) is 0 Å². The fourth-order valence-electron chi connectivity index (χ4n) is 1.32. The molecule has 106 valence electrons. The van der Waals surface area contributed by atoms with E-state index in [9.17, 15) is 9.18 Å². The molecule has 1 rings (SSSR count). The summed E-state index contributed by atoms with van der Waals surface area (Å²) in [4.78, 5) is 11.4. The monoisotopic (exact) mass is 271 g/mol. The van der Waals surface area contributed by atoms with Gasteiger partial charge >= 0.3 is 0 Å². The van der Waals surface area contributed by atoms with Gasteiger partial charge in [0.15, 0.2) is 18.2 Å². The molecule has 0 atom stereocenters. The van der Waals surface area contributed by atoms with E-state index < -0.39 is 5.82 Å². The number of hydrogen-bond acceptors (Lipinski definition) is 4. The number of ether oxygens (including phenoxy) is 2. The van der Waals surface area contributed by atoms with Crippen LogP contribution in [0.5, 0.6) is 5.75 Å². The molecule has 0 aliphatic rings. The Balaban J connectivity index is 2.10. The lowest BCUT2D eigenvalue weighted by molar-refractivity contribution is -0.123. The van der Waals surface area contributed by atoms with Gasteiger partial charge in [0.05, 0.1) is 13.2 Å². The fourth-order valence-corrected chi connectivity index (χ4v) is 1.32. The Morgan fingerprint density at radius 3 is 2.84 bits per heavy atom. The molecule has 0 aliphatic heterocycles. The van der Waals surface area contributed by atoms with E-state index in [-0.39, 0.29) is 24.9 Å². The number of para-hydroxylation sites is 1. The number of hydrogen-bond donors (Lipinski definition) is 2. The standard InChI is InChI=1S/C13H18FNO4/c14-11-4-1-2-5-12(11)19-10-13(17)15-6-3-8-18-9-7-16/h1-2,4-5,16H,3,6-10H2,(H,15,17). The lowest BCUT2D eigenvalue weighted by atomic mass is 10.3. The second kappa shape index (κ2) is 9.29. The highest BCUT2D eigenvalue weighted by atomic mass is 19.1. The zero-order chi connectivity index (χ0) is 13.9. The molecule has 1 aromatic carbocycles. The quantitative estimate of drug-likeness (QED) is 0.649. The molecule has 0 fully saturated rings. The number of aliphatic hydroxyl groups is 1. The molecule has 0 unspecified atom stereocenters. The second-order valence-corrected chi connectivity index (χ2v) is 3.76.